The molecule has 1 atom stereocenters. The van der Waals surface area contributed by atoms with Crippen molar-refractivity contribution in [3.63, 3.8) is 0 Å². The average molecular weight is 2060 g/mol. The minimum atomic E-state index is -0.718. The molecule has 0 aliphatic carbocycles. The maximum atomic E-state index is 14.1. The first-order valence-electron chi connectivity index (χ1n) is 43.7. The minimum Gasteiger partial charge on any atom is -0.512 e. The molecule has 10 N–H and O–H groups in total. The molecule has 3 aromatic carbocycles. The summed E-state index contributed by atoms with van der Waals surface area (Å²) in [7, 11) is 16.0. The molecule has 0 radical (unpaired) electrons. The van der Waals surface area contributed by atoms with Gasteiger partial charge in [0, 0.05) is 238 Å². The van der Waals surface area contributed by atoms with Crippen molar-refractivity contribution in [3.8, 4) is 5.75 Å². The van der Waals surface area contributed by atoms with E-state index >= 15 is 0 Å². The molecule has 0 bridgehead atoms. The molecule has 45 heteroatoms. The number of Topliss-reactive ketones (excluding diaryl/α,β-unsaturated/α-hetero) is 6. The van der Waals surface area contributed by atoms with Crippen LogP contribution in [0, 0.1) is 26.7 Å². The molecule has 14 aromatic rings. The Morgan fingerprint density at radius 2 is 0.882 bits per heavy atom. The summed E-state index contributed by atoms with van der Waals surface area (Å²) in [6, 6.07) is 22.7. The van der Waals surface area contributed by atoms with Crippen LogP contribution in [0.4, 0.5) is 40.3 Å². The van der Waals surface area contributed by atoms with Crippen LogP contribution in [0.15, 0.2) is 141 Å². The van der Waals surface area contributed by atoms with E-state index in [0.29, 0.717) is 68.6 Å². The van der Waals surface area contributed by atoms with Crippen molar-refractivity contribution in [2.24, 2.45) is 70.5 Å². The molecular formula is C99H111ClN27O16Y. The number of aromatic nitrogens is 17. The Hall–Kier alpha value is -16.2. The fourth-order valence-electron chi connectivity index (χ4n) is 16.7. The quantitative estimate of drug-likeness (QED) is 0.00740. The number of hydrogen-bond acceptors (Lipinski definition) is 23. The van der Waals surface area contributed by atoms with Gasteiger partial charge in [0.05, 0.1) is 52.7 Å². The van der Waals surface area contributed by atoms with Crippen LogP contribution in [0.1, 0.15) is 216 Å². The van der Waals surface area contributed by atoms with E-state index in [9.17, 15) is 77.0 Å². The number of imidazole rings is 6. The Kier molecular flexibility index (Phi) is 37.0. The van der Waals surface area contributed by atoms with Crippen LogP contribution in [-0.4, -0.2) is 199 Å². The molecule has 0 spiro atoms. The molecule has 15 rings (SSSR count). The number of phenolic OH excluding ortho intramolecular Hbond substituents is 1. The van der Waals surface area contributed by atoms with Gasteiger partial charge in [-0.25, -0.2) is 29.9 Å². The fraction of sp³-hybridized carbons (Fsp3) is 0.293. The number of benzene rings is 3. The van der Waals surface area contributed by atoms with E-state index in [1.165, 1.54) is 114 Å². The van der Waals surface area contributed by atoms with Gasteiger partial charge in [-0.05, 0) is 82.9 Å². The predicted octanol–water partition coefficient (Wildman–Crippen LogP) is 10.5. The van der Waals surface area contributed by atoms with Gasteiger partial charge in [-0.15, -0.1) is 11.6 Å². The van der Waals surface area contributed by atoms with Crippen molar-refractivity contribution >= 4 is 161 Å². The van der Waals surface area contributed by atoms with Crippen molar-refractivity contribution < 1.29 is 110 Å². The second kappa shape index (κ2) is 47.8. The summed E-state index contributed by atoms with van der Waals surface area (Å²) in [6.45, 7) is 6.38. The van der Waals surface area contributed by atoms with Gasteiger partial charge in [0.25, 0.3) is 41.4 Å². The molecule has 144 heavy (non-hydrogen) atoms. The Morgan fingerprint density at radius 1 is 0.424 bits per heavy atom. The Labute approximate surface area is 858 Å². The minimum absolute atomic E-state index is 0. The summed E-state index contributed by atoms with van der Waals surface area (Å²) in [5, 5.41) is 40.5. The summed E-state index contributed by atoms with van der Waals surface area (Å²) in [4.78, 5) is 231. The Morgan fingerprint density at radius 3 is 1.44 bits per heavy atom. The number of halogens is 1. The van der Waals surface area contributed by atoms with E-state index in [1.54, 1.807) is 112 Å². The molecule has 1 unspecified atom stereocenters. The molecule has 12 heterocycles. The normalized spacial score (nSPS) is 11.7. The van der Waals surface area contributed by atoms with Gasteiger partial charge in [-0.2, -0.15) is 0 Å². The standard InChI is InChI=1S/C94H97ClN26O16.CN.2CH4.2CH3.Y/c1-50(122)98-76-46-118(9)86(105-76)92(135)110-79-49-120(11)87(108-79)93(136)109-78-48-117(8)84(107-78)90(133)97-25-23-80(130)104-77-47-119(10)85(106-77)91(134)102-58-35-70(114(5)43-58)89(132)101-57-34-69(113(4)42-57)88(131)96-24-15-17-61(124)33-56-44-115(6)83(99-56)75(129)36-59-45-116(7)82(100-59)74(128)31-53-29-66(111(2)40-53)71(125)20-14-16-60(123)27-52-28-67(112(3)39-52)73(127)30-51-21-22-64-54(26-51)32-65(103-64)94(137)121-41-55(38-95)81-63-19-13-12-18-62(63)72(126)37-68(81)121;1-2;;;;;/h12-13,18-19,21-22,26,28-29,32,34-35,37,39-40,42-49,55,103,126H,14-17,20,23-25,27,30-31,33,36,38,41H2,1-11H3,(H,96,131)(H,97,133)(H,98,122)(H,101,132)(H,102,134)(H,104,130)(H,109,136)(H,110,135);;2*1H4;2*1H3;/q;-1;;;2*-1;+3. The zero-order valence-corrected chi connectivity index (χ0v) is 83.6. The van der Waals surface area contributed by atoms with Crippen molar-refractivity contribution in [1.82, 2.24) is 91.2 Å². The molecule has 9 amide bonds. The number of H-pyrrole nitrogens is 1. The number of rotatable bonds is 39. The molecule has 0 fully saturated rings. The number of anilines is 7. The number of carbonyl (C=O) groups is 15. The number of carbonyl (C=O) groups excluding carboxylic acids is 15. The summed E-state index contributed by atoms with van der Waals surface area (Å²) < 4.78 is 14.9. The maximum Gasteiger partial charge on any atom is 3.00 e. The maximum absolute atomic E-state index is 14.1. The smallest absolute Gasteiger partial charge is 0.512 e. The van der Waals surface area contributed by atoms with Gasteiger partial charge < -0.3 is 130 Å². The predicted molar refractivity (Wildman–Crippen MR) is 534 cm³/mol. The van der Waals surface area contributed by atoms with Gasteiger partial charge >= 0.3 is 32.7 Å². The van der Waals surface area contributed by atoms with Crippen LogP contribution >= 0.6 is 11.6 Å². The number of amides is 9. The monoisotopic (exact) mass is 2060 g/mol. The number of aromatic amines is 1. The van der Waals surface area contributed by atoms with E-state index < -0.39 is 47.1 Å². The average Bonchev–Trinajstić information content (AvgIpc) is 1.59. The number of aromatic hydroxyl groups is 1. The number of alkyl halides is 1. The summed E-state index contributed by atoms with van der Waals surface area (Å²) in [5.74, 6) is -6.16. The van der Waals surface area contributed by atoms with E-state index in [1.807, 2.05) is 42.5 Å². The van der Waals surface area contributed by atoms with Crippen LogP contribution in [-0.2, 0) is 154 Å². The van der Waals surface area contributed by atoms with Crippen LogP contribution in [0.5, 0.6) is 5.75 Å². The number of phenols is 1. The number of nitrogens with zero attached hydrogens (tertiary/aromatic N) is 18. The molecule has 1 aliphatic rings. The van der Waals surface area contributed by atoms with Crippen LogP contribution < -0.4 is 47.4 Å². The van der Waals surface area contributed by atoms with Gasteiger partial charge in [-0.3, -0.25) is 71.9 Å². The zero-order chi connectivity index (χ0) is 99.8. The number of nitrogens with one attached hydrogen (secondary N) is 9. The molecular weight excluding hydrogens is 1950 g/mol. The third kappa shape index (κ3) is 25.6. The zero-order valence-electron chi connectivity index (χ0n) is 80.0. The second-order valence-corrected chi connectivity index (χ2v) is 34.2. The van der Waals surface area contributed by atoms with E-state index in [4.69, 9.17) is 23.4 Å². The topological polar surface area (TPSA) is 542 Å². The van der Waals surface area contributed by atoms with Gasteiger partial charge in [-0.1, -0.05) is 45.2 Å². The van der Waals surface area contributed by atoms with Crippen molar-refractivity contribution in [2.45, 2.75) is 98.3 Å². The van der Waals surface area contributed by atoms with Gasteiger partial charge in [0.15, 0.2) is 46.5 Å². The first-order chi connectivity index (χ1) is 66.3. The van der Waals surface area contributed by atoms with Crippen LogP contribution in [0.2, 0.25) is 0 Å². The van der Waals surface area contributed by atoms with Crippen LogP contribution in [0.3, 0.4) is 0 Å². The van der Waals surface area contributed by atoms with Gasteiger partial charge in [0.2, 0.25) is 46.7 Å². The third-order valence-electron chi connectivity index (χ3n) is 23.2. The van der Waals surface area contributed by atoms with E-state index in [-0.39, 0.29) is 280 Å². The number of hydrogen-bond donors (Lipinski definition) is 10. The van der Waals surface area contributed by atoms with Crippen molar-refractivity contribution in [2.75, 3.05) is 62.3 Å². The largest absolute Gasteiger partial charge is 3.00 e. The van der Waals surface area contributed by atoms with Gasteiger partial charge in [0.1, 0.15) is 34.4 Å². The Balaban J connectivity index is 0.00000328. The molecule has 1 aliphatic heterocycles. The number of fused-ring (bicyclic) bond motifs is 4. The summed E-state index contributed by atoms with van der Waals surface area (Å²) >= 11 is 6.44. The SMILES string of the molecule is C.C.CC(=O)Nc1cn(C)c(C(=O)Nc2cn(C)c(C(=O)Nc3cn(C)c(C(=O)NCCC(=O)Nc4cn(C)c(C(=O)Nc5cc(C(=O)Nc6cc(C(=O)NCCCC(=O)Cc7cn(C)c(C(=O)Cc8cn(C)c(C(=O)Cc9cc(C(=O)CCCC(=O)Cc%10cc(C(=O)Cc%11ccc%12[nH]c(C(=O)N%13CC(CCl)c%14c%13cc(O)c%13ccccc%14%13)cc%12c%11)n(C)c%10)n(C)c9)n8)n7)n(C)c6)n(C)c5)n4)n3)n2)n1.[C-]#N.[CH3-].[CH3-].[Y+3]. The number of aryl methyl sites for hydroxylation is 10. The third-order valence-corrected chi connectivity index (χ3v) is 23.5. The second-order valence-electron chi connectivity index (χ2n) is 33.9. The fourth-order valence-corrected chi connectivity index (χ4v) is 17.0. The Bertz CT molecular complexity index is 7350. The van der Waals surface area contributed by atoms with Crippen molar-refractivity contribution in [1.29, 1.82) is 5.26 Å². The first kappa shape index (κ1) is 111. The van der Waals surface area contributed by atoms with E-state index in [2.05, 4.69) is 77.4 Å². The molecule has 43 nitrogen and oxygen atoms in total. The summed E-state index contributed by atoms with van der Waals surface area (Å²) in [6.07, 6.45) is 15.6. The first-order valence-corrected chi connectivity index (χ1v) is 44.2. The van der Waals surface area contributed by atoms with Crippen LogP contribution in [0.25, 0.3) is 21.7 Å². The molecule has 748 valence electrons. The van der Waals surface area contributed by atoms with Crippen molar-refractivity contribution in [3.05, 3.63) is 259 Å². The molecule has 11 aromatic heterocycles. The summed E-state index contributed by atoms with van der Waals surface area (Å²) in [5.41, 5.74) is 6.83. The van der Waals surface area contributed by atoms with E-state index in [0.717, 1.165) is 21.9 Å². The number of ketones is 6. The molecule has 0 saturated heterocycles. The molecule has 0 saturated carbocycles.